The zero-order valence-electron chi connectivity index (χ0n) is 10.8. The molecule has 0 radical (unpaired) electrons. The molecule has 0 saturated carbocycles. The first-order chi connectivity index (χ1) is 8.19. The van der Waals surface area contributed by atoms with Crippen LogP contribution >= 0.6 is 0 Å². The van der Waals surface area contributed by atoms with Gasteiger partial charge in [0, 0.05) is 7.05 Å². The number of rotatable bonds is 6. The number of nitrogens with zero attached hydrogens (tertiary/aromatic N) is 1. The van der Waals surface area contributed by atoms with Crippen molar-refractivity contribution in [3.8, 4) is 0 Å². The lowest BCUT2D eigenvalue weighted by molar-refractivity contribution is -0.143. The van der Waals surface area contributed by atoms with E-state index in [1.807, 2.05) is 0 Å². The topological polar surface area (TPSA) is 102 Å². The van der Waals surface area contributed by atoms with Crippen LogP contribution in [0.25, 0.3) is 0 Å². The Bertz CT molecular complexity index is 392. The van der Waals surface area contributed by atoms with E-state index in [1.54, 1.807) is 25.5 Å². The van der Waals surface area contributed by atoms with Gasteiger partial charge >= 0.3 is 22.3 Å². The molecule has 0 aliphatic rings. The number of carbonyl (C=O) groups excluding carboxylic acids is 2. The second-order valence-corrected chi connectivity index (χ2v) is 5.40. The summed E-state index contributed by atoms with van der Waals surface area (Å²) in [4.78, 5) is 22.2. The van der Waals surface area contributed by atoms with E-state index in [0.29, 0.717) is 4.31 Å². The van der Waals surface area contributed by atoms with E-state index in [0.717, 1.165) is 7.05 Å². The molecule has 0 aromatic heterocycles. The van der Waals surface area contributed by atoms with Gasteiger partial charge in [0.1, 0.15) is 6.54 Å². The first-order valence-corrected chi connectivity index (χ1v) is 6.73. The van der Waals surface area contributed by atoms with Gasteiger partial charge in [0.05, 0.1) is 12.7 Å². The highest BCUT2D eigenvalue weighted by Gasteiger charge is 2.24. The lowest BCUT2D eigenvalue weighted by Gasteiger charge is -2.17. The molecular formula is C9H18N2O6S. The molecule has 18 heavy (non-hydrogen) atoms. The first-order valence-electron chi connectivity index (χ1n) is 5.29. The number of ether oxygens (including phenoxy) is 2. The fourth-order valence-corrected chi connectivity index (χ4v) is 1.58. The highest BCUT2D eigenvalue weighted by Crippen LogP contribution is 1.97. The molecule has 0 atom stereocenters. The number of esters is 1. The molecule has 1 amide bonds. The number of hydrogen-bond donors (Lipinski definition) is 1. The zero-order chi connectivity index (χ0) is 14.3. The van der Waals surface area contributed by atoms with Crippen molar-refractivity contribution in [2.75, 3.05) is 20.2 Å². The third-order valence-corrected chi connectivity index (χ3v) is 3.00. The van der Waals surface area contributed by atoms with Gasteiger partial charge in [-0.05, 0) is 20.8 Å². The van der Waals surface area contributed by atoms with E-state index in [4.69, 9.17) is 0 Å². The van der Waals surface area contributed by atoms with Crippen LogP contribution in [0.15, 0.2) is 0 Å². The SMILES string of the molecule is CCOC(=O)CN(C)S(=O)(=O)NC(=O)OC(C)C. The van der Waals surface area contributed by atoms with Crippen LogP contribution < -0.4 is 4.72 Å². The van der Waals surface area contributed by atoms with Crippen LogP contribution in [0.1, 0.15) is 20.8 Å². The summed E-state index contributed by atoms with van der Waals surface area (Å²) < 4.78 is 34.7. The molecule has 0 aliphatic carbocycles. The molecule has 106 valence electrons. The molecule has 0 fully saturated rings. The predicted molar refractivity (Wildman–Crippen MR) is 62.9 cm³/mol. The van der Waals surface area contributed by atoms with Gasteiger partial charge < -0.3 is 9.47 Å². The normalized spacial score (nSPS) is 11.4. The Hall–Kier alpha value is -1.35. The molecular weight excluding hydrogens is 264 g/mol. The number of carbonyl (C=O) groups is 2. The molecule has 0 aromatic carbocycles. The standard InChI is InChI=1S/C9H18N2O6S/c1-5-16-8(12)6-11(4)18(14,15)10-9(13)17-7(2)3/h7H,5-6H2,1-4H3,(H,10,13). The van der Waals surface area contributed by atoms with Crippen molar-refractivity contribution in [1.29, 1.82) is 0 Å². The monoisotopic (exact) mass is 282 g/mol. The van der Waals surface area contributed by atoms with Gasteiger partial charge in [-0.15, -0.1) is 0 Å². The van der Waals surface area contributed by atoms with Crippen LogP contribution in [-0.2, 0) is 24.5 Å². The Morgan fingerprint density at radius 3 is 2.33 bits per heavy atom. The minimum Gasteiger partial charge on any atom is -0.465 e. The Morgan fingerprint density at radius 1 is 1.33 bits per heavy atom. The lowest BCUT2D eigenvalue weighted by Crippen LogP contribution is -2.44. The van der Waals surface area contributed by atoms with Gasteiger partial charge in [0.2, 0.25) is 0 Å². The van der Waals surface area contributed by atoms with Crippen molar-refractivity contribution in [2.45, 2.75) is 26.9 Å². The van der Waals surface area contributed by atoms with E-state index in [1.165, 1.54) is 0 Å². The Morgan fingerprint density at radius 2 is 1.89 bits per heavy atom. The molecule has 0 bridgehead atoms. The lowest BCUT2D eigenvalue weighted by atomic mass is 10.5. The number of nitrogens with one attached hydrogen (secondary N) is 1. The number of hydrogen-bond acceptors (Lipinski definition) is 6. The quantitative estimate of drug-likeness (QED) is 0.680. The summed E-state index contributed by atoms with van der Waals surface area (Å²) in [5.41, 5.74) is 0. The molecule has 0 aromatic rings. The maximum absolute atomic E-state index is 11.6. The van der Waals surface area contributed by atoms with Crippen LogP contribution in [0.5, 0.6) is 0 Å². The Labute approximate surface area is 106 Å². The number of amides is 1. The van der Waals surface area contributed by atoms with Crippen LogP contribution in [0.4, 0.5) is 4.79 Å². The highest BCUT2D eigenvalue weighted by atomic mass is 32.2. The zero-order valence-corrected chi connectivity index (χ0v) is 11.6. The van der Waals surface area contributed by atoms with E-state index >= 15 is 0 Å². The van der Waals surface area contributed by atoms with Gasteiger partial charge in [-0.1, -0.05) is 0 Å². The fourth-order valence-electron chi connectivity index (χ4n) is 0.895. The number of likely N-dealkylation sites (N-methyl/N-ethyl adjacent to an activating group) is 1. The summed E-state index contributed by atoms with van der Waals surface area (Å²) in [6.07, 6.45) is -1.55. The van der Waals surface area contributed by atoms with Gasteiger partial charge in [-0.2, -0.15) is 12.7 Å². The van der Waals surface area contributed by atoms with Crippen LogP contribution in [0.3, 0.4) is 0 Å². The van der Waals surface area contributed by atoms with Crippen LogP contribution in [0.2, 0.25) is 0 Å². The molecule has 9 heteroatoms. The molecule has 1 N–H and O–H groups in total. The minimum absolute atomic E-state index is 0.148. The minimum atomic E-state index is -4.11. The van der Waals surface area contributed by atoms with Crippen molar-refractivity contribution in [1.82, 2.24) is 9.03 Å². The maximum Gasteiger partial charge on any atom is 0.422 e. The summed E-state index contributed by atoms with van der Waals surface area (Å²) in [6.45, 7) is 4.42. The van der Waals surface area contributed by atoms with E-state index < -0.39 is 34.9 Å². The summed E-state index contributed by atoms with van der Waals surface area (Å²) in [5.74, 6) is -0.706. The van der Waals surface area contributed by atoms with Crippen molar-refractivity contribution >= 4 is 22.3 Å². The molecule has 0 saturated heterocycles. The van der Waals surface area contributed by atoms with E-state index in [-0.39, 0.29) is 6.61 Å². The van der Waals surface area contributed by atoms with Crippen molar-refractivity contribution in [3.63, 3.8) is 0 Å². The average Bonchev–Trinajstić information content (AvgIpc) is 2.14. The average molecular weight is 282 g/mol. The van der Waals surface area contributed by atoms with E-state index in [9.17, 15) is 18.0 Å². The maximum atomic E-state index is 11.6. The molecule has 0 unspecified atom stereocenters. The summed E-state index contributed by atoms with van der Waals surface area (Å²) in [7, 11) is -2.97. The fraction of sp³-hybridized carbons (Fsp3) is 0.778. The molecule has 8 nitrogen and oxygen atoms in total. The third-order valence-electron chi connectivity index (χ3n) is 1.62. The molecule has 0 spiro atoms. The summed E-state index contributed by atoms with van der Waals surface area (Å²) in [6, 6.07) is 0. The van der Waals surface area contributed by atoms with E-state index in [2.05, 4.69) is 9.47 Å². The molecule has 0 rings (SSSR count). The summed E-state index contributed by atoms with van der Waals surface area (Å²) >= 11 is 0. The van der Waals surface area contributed by atoms with Gasteiger partial charge in [-0.25, -0.2) is 9.52 Å². The van der Waals surface area contributed by atoms with Gasteiger partial charge in [0.25, 0.3) is 0 Å². The van der Waals surface area contributed by atoms with Crippen molar-refractivity contribution < 1.29 is 27.5 Å². The summed E-state index contributed by atoms with van der Waals surface area (Å²) in [5, 5.41) is 0. The smallest absolute Gasteiger partial charge is 0.422 e. The second kappa shape index (κ2) is 7.17. The second-order valence-electron chi connectivity index (χ2n) is 3.62. The highest BCUT2D eigenvalue weighted by molar-refractivity contribution is 7.87. The van der Waals surface area contributed by atoms with Crippen molar-refractivity contribution in [2.24, 2.45) is 0 Å². The Balaban J connectivity index is 4.44. The van der Waals surface area contributed by atoms with Gasteiger partial charge in [-0.3, -0.25) is 4.79 Å². The largest absolute Gasteiger partial charge is 0.465 e. The van der Waals surface area contributed by atoms with Crippen molar-refractivity contribution in [3.05, 3.63) is 0 Å². The predicted octanol–water partition coefficient (Wildman–Crippen LogP) is -0.139. The third kappa shape index (κ3) is 6.40. The first kappa shape index (κ1) is 16.6. The molecule has 0 heterocycles. The molecule has 0 aliphatic heterocycles. The van der Waals surface area contributed by atoms with Gasteiger partial charge in [0.15, 0.2) is 0 Å². The van der Waals surface area contributed by atoms with Crippen LogP contribution in [0, 0.1) is 0 Å². The Kier molecular flexibility index (Phi) is 6.63. The van der Waals surface area contributed by atoms with Crippen LogP contribution in [-0.4, -0.2) is 51.1 Å².